The Hall–Kier alpha value is -1.36. The highest BCUT2D eigenvalue weighted by Crippen LogP contribution is 2.40. The van der Waals surface area contributed by atoms with Crippen molar-refractivity contribution in [1.82, 2.24) is 4.90 Å². The molecule has 1 N–H and O–H groups in total. The number of carbonyl (C=O) groups excluding carboxylic acids is 1. The van der Waals surface area contributed by atoms with Gasteiger partial charge in [-0.15, -0.1) is 11.3 Å². The van der Waals surface area contributed by atoms with E-state index in [1.807, 2.05) is 17.5 Å². The monoisotopic (exact) mass is 295 g/mol. The molecule has 0 unspecified atom stereocenters. The molecule has 5 heteroatoms. The Morgan fingerprint density at radius 1 is 1.50 bits per heavy atom. The first-order chi connectivity index (χ1) is 9.29. The Bertz CT molecular complexity index is 490. The number of hydrogen-bond acceptors (Lipinski definition) is 3. The molecule has 2 heterocycles. The molecular formula is C15H21NO3S. The second-order valence-electron chi connectivity index (χ2n) is 6.53. The molecule has 0 aliphatic carbocycles. The Morgan fingerprint density at radius 3 is 2.70 bits per heavy atom. The molecule has 0 radical (unpaired) electrons. The number of carboxylic acids is 1. The summed E-state index contributed by atoms with van der Waals surface area (Å²) in [5.74, 6) is -1.25. The van der Waals surface area contributed by atoms with Gasteiger partial charge in [-0.3, -0.25) is 9.59 Å². The minimum atomic E-state index is -0.810. The van der Waals surface area contributed by atoms with Gasteiger partial charge in [0.05, 0.1) is 12.0 Å². The number of hydrogen-bond donors (Lipinski definition) is 1. The second-order valence-corrected chi connectivity index (χ2v) is 7.51. The number of thiophene rings is 1. The van der Waals surface area contributed by atoms with Crippen LogP contribution in [0.3, 0.4) is 0 Å². The van der Waals surface area contributed by atoms with Gasteiger partial charge in [-0.2, -0.15) is 0 Å². The summed E-state index contributed by atoms with van der Waals surface area (Å²) in [4.78, 5) is 26.6. The second kappa shape index (κ2) is 5.56. The van der Waals surface area contributed by atoms with Crippen molar-refractivity contribution in [2.45, 2.75) is 39.7 Å². The summed E-state index contributed by atoms with van der Waals surface area (Å²) in [5, 5.41) is 11.4. The van der Waals surface area contributed by atoms with Crippen LogP contribution in [0, 0.1) is 11.3 Å². The smallest absolute Gasteiger partial charge is 0.308 e. The van der Waals surface area contributed by atoms with E-state index in [0.29, 0.717) is 19.4 Å². The Kier molecular flexibility index (Phi) is 4.18. The number of carboxylic acid groups (broad SMARTS) is 1. The average Bonchev–Trinajstić information content (AvgIpc) is 2.82. The lowest BCUT2D eigenvalue weighted by Gasteiger charge is -2.42. The van der Waals surface area contributed by atoms with Gasteiger partial charge in [-0.1, -0.05) is 26.8 Å². The van der Waals surface area contributed by atoms with E-state index in [-0.39, 0.29) is 17.4 Å². The van der Waals surface area contributed by atoms with Crippen LogP contribution in [0.4, 0.5) is 0 Å². The normalized spacial score (nSPS) is 23.9. The van der Waals surface area contributed by atoms with Crippen molar-refractivity contribution < 1.29 is 14.7 Å². The van der Waals surface area contributed by atoms with Crippen molar-refractivity contribution in [2.75, 3.05) is 6.54 Å². The molecule has 1 aliphatic rings. The van der Waals surface area contributed by atoms with Crippen LogP contribution in [0.15, 0.2) is 17.5 Å². The molecule has 0 bridgehead atoms. The summed E-state index contributed by atoms with van der Waals surface area (Å²) in [6, 6.07) is 3.51. The number of nitrogens with zero attached hydrogens (tertiary/aromatic N) is 1. The largest absolute Gasteiger partial charge is 0.481 e. The summed E-state index contributed by atoms with van der Waals surface area (Å²) < 4.78 is 0. The molecule has 1 aromatic heterocycles. The van der Waals surface area contributed by atoms with Gasteiger partial charge in [0, 0.05) is 17.8 Å². The fraction of sp³-hybridized carbons (Fsp3) is 0.600. The van der Waals surface area contributed by atoms with Gasteiger partial charge in [-0.25, -0.2) is 0 Å². The molecule has 1 saturated heterocycles. The van der Waals surface area contributed by atoms with Crippen LogP contribution in [0.2, 0.25) is 0 Å². The van der Waals surface area contributed by atoms with Crippen LogP contribution in [-0.4, -0.2) is 28.4 Å². The zero-order valence-electron chi connectivity index (χ0n) is 12.1. The minimum absolute atomic E-state index is 0.0500. The summed E-state index contributed by atoms with van der Waals surface area (Å²) in [7, 11) is 0. The summed E-state index contributed by atoms with van der Waals surface area (Å²) in [6.07, 6.45) is 0.756. The van der Waals surface area contributed by atoms with Crippen molar-refractivity contribution in [1.29, 1.82) is 0 Å². The van der Waals surface area contributed by atoms with Gasteiger partial charge in [0.25, 0.3) is 0 Å². The van der Waals surface area contributed by atoms with Crippen molar-refractivity contribution in [3.63, 3.8) is 0 Å². The third-order valence-corrected chi connectivity index (χ3v) is 4.45. The van der Waals surface area contributed by atoms with E-state index in [1.165, 1.54) is 11.3 Å². The van der Waals surface area contributed by atoms with Crippen LogP contribution in [-0.2, 0) is 9.59 Å². The van der Waals surface area contributed by atoms with Crippen molar-refractivity contribution >= 4 is 23.2 Å². The number of carbonyl (C=O) groups is 2. The molecule has 0 saturated carbocycles. The number of piperidine rings is 1. The third kappa shape index (κ3) is 3.20. The zero-order chi connectivity index (χ0) is 14.9. The van der Waals surface area contributed by atoms with E-state index in [9.17, 15) is 14.7 Å². The Morgan fingerprint density at radius 2 is 2.20 bits per heavy atom. The van der Waals surface area contributed by atoms with Gasteiger partial charge >= 0.3 is 5.97 Å². The van der Waals surface area contributed by atoms with Crippen molar-refractivity contribution in [3.8, 4) is 0 Å². The van der Waals surface area contributed by atoms with Crippen LogP contribution in [0.25, 0.3) is 0 Å². The molecule has 2 rings (SSSR count). The molecule has 1 aromatic rings. The Balaban J connectivity index is 2.37. The number of aliphatic carboxylic acids is 1. The molecule has 1 fully saturated rings. The number of rotatable bonds is 3. The molecule has 2 atom stereocenters. The Labute approximate surface area is 123 Å². The summed E-state index contributed by atoms with van der Waals surface area (Å²) in [5.41, 5.74) is -0.0500. The maximum absolute atomic E-state index is 12.3. The highest BCUT2D eigenvalue weighted by atomic mass is 32.1. The average molecular weight is 295 g/mol. The molecule has 0 aromatic carbocycles. The van der Waals surface area contributed by atoms with E-state index in [1.54, 1.807) is 4.90 Å². The fourth-order valence-electron chi connectivity index (χ4n) is 2.72. The third-order valence-electron chi connectivity index (χ3n) is 3.50. The van der Waals surface area contributed by atoms with E-state index in [0.717, 1.165) is 4.88 Å². The van der Waals surface area contributed by atoms with Gasteiger partial charge in [0.1, 0.15) is 0 Å². The molecule has 110 valence electrons. The van der Waals surface area contributed by atoms with Gasteiger partial charge in [0.2, 0.25) is 5.91 Å². The molecule has 4 nitrogen and oxygen atoms in total. The first kappa shape index (κ1) is 15.0. The van der Waals surface area contributed by atoms with Crippen molar-refractivity contribution in [2.24, 2.45) is 11.3 Å². The van der Waals surface area contributed by atoms with Crippen molar-refractivity contribution in [3.05, 3.63) is 22.4 Å². The fourth-order valence-corrected chi connectivity index (χ4v) is 3.62. The first-order valence-electron chi connectivity index (χ1n) is 6.85. The predicted molar refractivity (Wildman–Crippen MR) is 78.6 cm³/mol. The highest BCUT2D eigenvalue weighted by molar-refractivity contribution is 7.10. The van der Waals surface area contributed by atoms with Crippen LogP contribution in [0.5, 0.6) is 0 Å². The number of amides is 1. The van der Waals surface area contributed by atoms with Crippen LogP contribution in [0.1, 0.15) is 44.5 Å². The molecular weight excluding hydrogens is 274 g/mol. The van der Waals surface area contributed by atoms with E-state index in [4.69, 9.17) is 0 Å². The maximum Gasteiger partial charge on any atom is 0.308 e. The van der Waals surface area contributed by atoms with Gasteiger partial charge in [0.15, 0.2) is 0 Å². The topological polar surface area (TPSA) is 57.6 Å². The van der Waals surface area contributed by atoms with Crippen LogP contribution < -0.4 is 0 Å². The van der Waals surface area contributed by atoms with E-state index >= 15 is 0 Å². The number of likely N-dealkylation sites (tertiary alicyclic amines) is 1. The predicted octanol–water partition coefficient (Wildman–Crippen LogP) is 3.16. The first-order valence-corrected chi connectivity index (χ1v) is 7.73. The SMILES string of the molecule is CC(C)(C)CN1C(=O)CC[C@H](C(=O)O)[C@@H]1c1cccs1. The zero-order valence-corrected chi connectivity index (χ0v) is 12.9. The van der Waals surface area contributed by atoms with Gasteiger partial charge < -0.3 is 10.0 Å². The van der Waals surface area contributed by atoms with E-state index < -0.39 is 11.9 Å². The summed E-state index contributed by atoms with van der Waals surface area (Å²) in [6.45, 7) is 6.78. The quantitative estimate of drug-likeness (QED) is 0.932. The maximum atomic E-state index is 12.3. The minimum Gasteiger partial charge on any atom is -0.481 e. The molecule has 0 spiro atoms. The molecule has 1 amide bonds. The lowest BCUT2D eigenvalue weighted by molar-refractivity contribution is -0.153. The lowest BCUT2D eigenvalue weighted by atomic mass is 9.85. The standard InChI is InChI=1S/C15H21NO3S/c1-15(2,3)9-16-12(17)7-6-10(14(18)19)13(16)11-5-4-8-20-11/h4-5,8,10,13H,6-7,9H2,1-3H3,(H,18,19)/t10-,13+/m0/s1. The molecule has 1 aliphatic heterocycles. The molecule has 20 heavy (non-hydrogen) atoms. The van der Waals surface area contributed by atoms with Crippen LogP contribution >= 0.6 is 11.3 Å². The highest BCUT2D eigenvalue weighted by Gasteiger charge is 2.42. The summed E-state index contributed by atoms with van der Waals surface area (Å²) >= 11 is 1.53. The van der Waals surface area contributed by atoms with E-state index in [2.05, 4.69) is 20.8 Å². The lowest BCUT2D eigenvalue weighted by Crippen LogP contribution is -2.48. The van der Waals surface area contributed by atoms with Gasteiger partial charge in [-0.05, 0) is 23.3 Å².